The Morgan fingerprint density at radius 1 is 1.12 bits per heavy atom. The topological polar surface area (TPSA) is 12.0 Å². The summed E-state index contributed by atoms with van der Waals surface area (Å²) >= 11 is 0. The van der Waals surface area contributed by atoms with Gasteiger partial charge in [-0.15, -0.1) is 9.24 Å². The van der Waals surface area contributed by atoms with E-state index in [-0.39, 0.29) is 5.41 Å². The molecule has 26 heavy (non-hydrogen) atoms. The van der Waals surface area contributed by atoms with E-state index in [4.69, 9.17) is 0 Å². The van der Waals surface area contributed by atoms with Crippen molar-refractivity contribution in [2.75, 3.05) is 5.32 Å². The molecule has 0 heterocycles. The van der Waals surface area contributed by atoms with Crippen LogP contribution in [0.15, 0.2) is 60.8 Å². The molecule has 0 aliphatic carbocycles. The second-order valence-corrected chi connectivity index (χ2v) is 8.45. The fourth-order valence-corrected chi connectivity index (χ4v) is 3.37. The smallest absolute Gasteiger partial charge is 0.0422 e. The maximum atomic E-state index is 4.39. The van der Waals surface area contributed by atoms with Gasteiger partial charge in [-0.25, -0.2) is 0 Å². The Hall–Kier alpha value is -1.85. The van der Waals surface area contributed by atoms with Crippen LogP contribution in [0.3, 0.4) is 0 Å². The summed E-state index contributed by atoms with van der Waals surface area (Å²) in [5.74, 6) is 0. The van der Waals surface area contributed by atoms with E-state index >= 15 is 0 Å². The first-order valence-electron chi connectivity index (χ1n) is 9.37. The summed E-state index contributed by atoms with van der Waals surface area (Å²) < 4.78 is 0. The van der Waals surface area contributed by atoms with Crippen LogP contribution in [0.1, 0.15) is 57.2 Å². The Balaban J connectivity index is 2.43. The highest BCUT2D eigenvalue weighted by Gasteiger charge is 2.18. The van der Waals surface area contributed by atoms with E-state index in [1.165, 1.54) is 27.6 Å². The number of hydrogen-bond donors (Lipinski definition) is 1. The molecular weight excluding hydrogens is 333 g/mol. The predicted molar refractivity (Wildman–Crippen MR) is 121 cm³/mol. The number of unbranched alkanes of at least 4 members (excludes halogenated alkanes) is 1. The van der Waals surface area contributed by atoms with Gasteiger partial charge in [-0.2, -0.15) is 0 Å². The lowest BCUT2D eigenvalue weighted by molar-refractivity contribution is 0.592. The van der Waals surface area contributed by atoms with Crippen LogP contribution >= 0.6 is 9.24 Å². The molecule has 2 aromatic rings. The summed E-state index contributed by atoms with van der Waals surface area (Å²) in [6, 6.07) is 14.9. The van der Waals surface area contributed by atoms with Crippen LogP contribution in [0.2, 0.25) is 0 Å². The lowest BCUT2D eigenvalue weighted by Crippen LogP contribution is -2.15. The summed E-state index contributed by atoms with van der Waals surface area (Å²) in [4.78, 5) is 0. The Morgan fingerprint density at radius 3 is 2.46 bits per heavy atom. The van der Waals surface area contributed by atoms with Crippen molar-refractivity contribution < 1.29 is 0 Å². The van der Waals surface area contributed by atoms with Gasteiger partial charge < -0.3 is 5.32 Å². The summed E-state index contributed by atoms with van der Waals surface area (Å²) in [6.07, 6.45) is 4.47. The Kier molecular flexibility index (Phi) is 6.84. The first-order chi connectivity index (χ1) is 12.3. The molecule has 0 aromatic heterocycles. The van der Waals surface area contributed by atoms with Gasteiger partial charge in [0.2, 0.25) is 0 Å². The van der Waals surface area contributed by atoms with Crippen LogP contribution in [0.25, 0.3) is 5.57 Å². The van der Waals surface area contributed by atoms with Crippen LogP contribution < -0.4 is 10.6 Å². The Bertz CT molecular complexity index is 809. The molecule has 0 radical (unpaired) electrons. The van der Waals surface area contributed by atoms with Gasteiger partial charge in [-0.3, -0.25) is 0 Å². The van der Waals surface area contributed by atoms with Gasteiger partial charge in [0.15, 0.2) is 0 Å². The molecule has 0 saturated carbocycles. The summed E-state index contributed by atoms with van der Waals surface area (Å²) in [5, 5.41) is 4.83. The molecule has 0 spiro atoms. The van der Waals surface area contributed by atoms with Crippen molar-refractivity contribution in [2.45, 2.75) is 52.9 Å². The fraction of sp³-hybridized carbons (Fsp3) is 0.333. The molecule has 0 aliphatic rings. The van der Waals surface area contributed by atoms with E-state index in [9.17, 15) is 0 Å². The number of para-hydroxylation sites is 1. The number of hydrogen-bond acceptors (Lipinski definition) is 1. The van der Waals surface area contributed by atoms with Crippen molar-refractivity contribution in [3.63, 3.8) is 0 Å². The average Bonchev–Trinajstić information content (AvgIpc) is 2.58. The lowest BCUT2D eigenvalue weighted by Gasteiger charge is -2.25. The van der Waals surface area contributed by atoms with Gasteiger partial charge in [0.25, 0.3) is 0 Å². The first kappa shape index (κ1) is 20.5. The maximum absolute atomic E-state index is 4.39. The summed E-state index contributed by atoms with van der Waals surface area (Å²) in [5.41, 5.74) is 7.18. The molecule has 0 aliphatic heterocycles. The second-order valence-electron chi connectivity index (χ2n) is 7.83. The SMILES string of the molecule is C=C(Nc1ccccc1C(C)(C)C)/C(=C/CCC)c1cccc(P)c1C. The highest BCUT2D eigenvalue weighted by molar-refractivity contribution is 7.27. The highest BCUT2D eigenvalue weighted by atomic mass is 31.0. The first-order valence-corrected chi connectivity index (χ1v) is 9.94. The quantitative estimate of drug-likeness (QED) is 0.449. The molecule has 2 heteroatoms. The van der Waals surface area contributed by atoms with E-state index in [0.29, 0.717) is 0 Å². The number of anilines is 1. The number of allylic oxidation sites excluding steroid dienone is 2. The van der Waals surface area contributed by atoms with Crippen LogP contribution in [-0.4, -0.2) is 0 Å². The zero-order chi connectivity index (χ0) is 19.3. The molecule has 0 bridgehead atoms. The molecule has 1 nitrogen and oxygen atoms in total. The number of benzene rings is 2. The van der Waals surface area contributed by atoms with Crippen LogP contribution in [0.4, 0.5) is 5.69 Å². The third kappa shape index (κ3) is 4.86. The van der Waals surface area contributed by atoms with Crippen molar-refractivity contribution in [3.05, 3.63) is 77.5 Å². The van der Waals surface area contributed by atoms with Gasteiger partial charge in [0.05, 0.1) is 0 Å². The zero-order valence-corrected chi connectivity index (χ0v) is 18.0. The third-order valence-electron chi connectivity index (χ3n) is 4.65. The van der Waals surface area contributed by atoms with Gasteiger partial charge in [0.1, 0.15) is 0 Å². The average molecular weight is 366 g/mol. The van der Waals surface area contributed by atoms with E-state index < -0.39 is 0 Å². The molecule has 1 N–H and O–H groups in total. The second kappa shape index (κ2) is 8.69. The number of rotatable bonds is 6. The predicted octanol–water partition coefficient (Wildman–Crippen LogP) is 6.60. The summed E-state index contributed by atoms with van der Waals surface area (Å²) in [7, 11) is 2.83. The van der Waals surface area contributed by atoms with Gasteiger partial charge in [-0.05, 0) is 46.8 Å². The van der Waals surface area contributed by atoms with E-state index in [2.05, 4.69) is 104 Å². The van der Waals surface area contributed by atoms with Crippen molar-refractivity contribution in [1.29, 1.82) is 0 Å². The minimum atomic E-state index is 0.0764. The van der Waals surface area contributed by atoms with Gasteiger partial charge in [-0.1, -0.05) is 83.2 Å². The lowest BCUT2D eigenvalue weighted by atomic mass is 9.85. The highest BCUT2D eigenvalue weighted by Crippen LogP contribution is 2.33. The maximum Gasteiger partial charge on any atom is 0.0422 e. The largest absolute Gasteiger partial charge is 0.355 e. The van der Waals surface area contributed by atoms with Crippen molar-refractivity contribution in [1.82, 2.24) is 0 Å². The normalized spacial score (nSPS) is 12.2. The minimum absolute atomic E-state index is 0.0764. The van der Waals surface area contributed by atoms with Crippen molar-refractivity contribution in [2.24, 2.45) is 0 Å². The molecule has 138 valence electrons. The fourth-order valence-electron chi connectivity index (χ4n) is 3.11. The molecule has 2 aromatic carbocycles. The standard InChI is InChI=1S/C24H32NP/c1-7-8-12-20(19-13-11-16-23(26)17(19)2)18(3)25-22-15-10-9-14-21(22)24(4,5)6/h9-16,25H,3,7-8,26H2,1-2,4-6H3/b20-12-. The van der Waals surface area contributed by atoms with Gasteiger partial charge >= 0.3 is 0 Å². The Morgan fingerprint density at radius 2 is 1.81 bits per heavy atom. The van der Waals surface area contributed by atoms with Crippen molar-refractivity contribution in [3.8, 4) is 0 Å². The minimum Gasteiger partial charge on any atom is -0.355 e. The molecule has 0 fully saturated rings. The summed E-state index contributed by atoms with van der Waals surface area (Å²) in [6.45, 7) is 15.5. The van der Waals surface area contributed by atoms with E-state index in [1.807, 2.05) is 0 Å². The zero-order valence-electron chi connectivity index (χ0n) is 16.8. The molecule has 0 saturated heterocycles. The van der Waals surface area contributed by atoms with E-state index in [0.717, 1.165) is 24.2 Å². The molecule has 0 amide bonds. The monoisotopic (exact) mass is 365 g/mol. The van der Waals surface area contributed by atoms with Crippen molar-refractivity contribution >= 4 is 25.8 Å². The number of nitrogens with one attached hydrogen (secondary N) is 1. The molecular formula is C24H32NP. The van der Waals surface area contributed by atoms with Crippen LogP contribution in [0.5, 0.6) is 0 Å². The molecule has 2 rings (SSSR count). The van der Waals surface area contributed by atoms with Crippen LogP contribution in [0, 0.1) is 6.92 Å². The molecule has 1 unspecified atom stereocenters. The third-order valence-corrected chi connectivity index (χ3v) is 5.27. The van der Waals surface area contributed by atoms with Gasteiger partial charge in [0, 0.05) is 17.0 Å². The molecule has 1 atom stereocenters. The van der Waals surface area contributed by atoms with E-state index in [1.54, 1.807) is 0 Å². The van der Waals surface area contributed by atoms with Crippen LogP contribution in [-0.2, 0) is 5.41 Å². The Labute approximate surface area is 161 Å².